The number of rotatable bonds is 6. The molecule has 0 saturated heterocycles. The Bertz CT molecular complexity index is 571. The SMILES string of the molecule is CCNC(C)c1ccc(OCc2cnc(C)s2)cc1F. The van der Waals surface area contributed by atoms with Crippen LogP contribution in [0.5, 0.6) is 5.75 Å². The Morgan fingerprint density at radius 2 is 2.25 bits per heavy atom. The summed E-state index contributed by atoms with van der Waals surface area (Å²) >= 11 is 1.59. The van der Waals surface area contributed by atoms with Gasteiger partial charge >= 0.3 is 0 Å². The summed E-state index contributed by atoms with van der Waals surface area (Å²) in [5.41, 5.74) is 0.660. The summed E-state index contributed by atoms with van der Waals surface area (Å²) in [6.07, 6.45) is 1.79. The lowest BCUT2D eigenvalue weighted by Crippen LogP contribution is -2.18. The standard InChI is InChI=1S/C15H19FN2OS/c1-4-17-10(2)14-6-5-12(7-15(14)16)19-9-13-8-18-11(3)20-13/h5-8,10,17H,4,9H2,1-3H3. The Hall–Kier alpha value is -1.46. The van der Waals surface area contributed by atoms with Crippen LogP contribution in [0.25, 0.3) is 0 Å². The van der Waals surface area contributed by atoms with Gasteiger partial charge in [0.05, 0.1) is 9.88 Å². The third kappa shape index (κ3) is 3.77. The fourth-order valence-electron chi connectivity index (χ4n) is 1.99. The number of thiazole rings is 1. The highest BCUT2D eigenvalue weighted by Crippen LogP contribution is 2.23. The van der Waals surface area contributed by atoms with E-state index in [9.17, 15) is 4.39 Å². The van der Waals surface area contributed by atoms with Crippen LogP contribution in [-0.2, 0) is 6.61 Å². The normalized spacial score (nSPS) is 12.4. The van der Waals surface area contributed by atoms with Gasteiger partial charge in [-0.25, -0.2) is 9.37 Å². The van der Waals surface area contributed by atoms with Crippen LogP contribution in [-0.4, -0.2) is 11.5 Å². The zero-order valence-electron chi connectivity index (χ0n) is 11.9. The molecule has 2 rings (SSSR count). The van der Waals surface area contributed by atoms with E-state index < -0.39 is 0 Å². The molecule has 108 valence electrons. The van der Waals surface area contributed by atoms with Crippen molar-refractivity contribution in [2.75, 3.05) is 6.54 Å². The molecule has 0 radical (unpaired) electrons. The lowest BCUT2D eigenvalue weighted by Gasteiger charge is -2.14. The maximum absolute atomic E-state index is 14.0. The second-order valence-corrected chi connectivity index (χ2v) is 5.92. The summed E-state index contributed by atoms with van der Waals surface area (Å²) in [5.74, 6) is 0.303. The Morgan fingerprint density at radius 3 is 2.85 bits per heavy atom. The van der Waals surface area contributed by atoms with E-state index in [0.29, 0.717) is 17.9 Å². The number of hydrogen-bond donors (Lipinski definition) is 1. The van der Waals surface area contributed by atoms with Gasteiger partial charge < -0.3 is 10.1 Å². The quantitative estimate of drug-likeness (QED) is 0.879. The number of nitrogens with one attached hydrogen (secondary N) is 1. The predicted molar refractivity (Wildman–Crippen MR) is 79.7 cm³/mol. The fraction of sp³-hybridized carbons (Fsp3) is 0.400. The molecule has 1 unspecified atom stereocenters. The van der Waals surface area contributed by atoms with Gasteiger partial charge in [0.25, 0.3) is 0 Å². The van der Waals surface area contributed by atoms with Crippen LogP contribution < -0.4 is 10.1 Å². The fourth-order valence-corrected chi connectivity index (χ4v) is 2.70. The average Bonchev–Trinajstić information content (AvgIpc) is 2.82. The van der Waals surface area contributed by atoms with E-state index in [0.717, 1.165) is 16.4 Å². The minimum Gasteiger partial charge on any atom is -0.488 e. The molecule has 0 fully saturated rings. The van der Waals surface area contributed by atoms with Gasteiger partial charge in [-0.15, -0.1) is 11.3 Å². The smallest absolute Gasteiger partial charge is 0.131 e. The third-order valence-electron chi connectivity index (χ3n) is 3.00. The molecule has 3 nitrogen and oxygen atoms in total. The highest BCUT2D eigenvalue weighted by Gasteiger charge is 2.11. The van der Waals surface area contributed by atoms with Crippen LogP contribution in [0.15, 0.2) is 24.4 Å². The lowest BCUT2D eigenvalue weighted by molar-refractivity contribution is 0.307. The zero-order chi connectivity index (χ0) is 14.5. The number of benzene rings is 1. The van der Waals surface area contributed by atoms with E-state index in [1.807, 2.05) is 20.8 Å². The van der Waals surface area contributed by atoms with E-state index in [1.165, 1.54) is 6.07 Å². The molecule has 2 aromatic rings. The van der Waals surface area contributed by atoms with Gasteiger partial charge in [-0.2, -0.15) is 0 Å². The highest BCUT2D eigenvalue weighted by atomic mass is 32.1. The summed E-state index contributed by atoms with van der Waals surface area (Å²) < 4.78 is 19.6. The Labute approximate surface area is 122 Å². The van der Waals surface area contributed by atoms with Gasteiger partial charge in [0.15, 0.2) is 0 Å². The molecule has 1 atom stereocenters. The van der Waals surface area contributed by atoms with Crippen LogP contribution in [0.1, 0.15) is 35.3 Å². The van der Waals surface area contributed by atoms with E-state index in [4.69, 9.17) is 4.74 Å². The second-order valence-electron chi connectivity index (χ2n) is 4.60. The summed E-state index contributed by atoms with van der Waals surface area (Å²) in [4.78, 5) is 5.20. The molecule has 1 aromatic carbocycles. The zero-order valence-corrected chi connectivity index (χ0v) is 12.8. The van der Waals surface area contributed by atoms with Crippen molar-refractivity contribution < 1.29 is 9.13 Å². The van der Waals surface area contributed by atoms with Crippen LogP contribution in [0.2, 0.25) is 0 Å². The molecule has 20 heavy (non-hydrogen) atoms. The van der Waals surface area contributed by atoms with Gasteiger partial charge in [-0.3, -0.25) is 0 Å². The third-order valence-corrected chi connectivity index (χ3v) is 3.89. The number of ether oxygens (including phenoxy) is 1. The van der Waals surface area contributed by atoms with Gasteiger partial charge in [0, 0.05) is 23.9 Å². The van der Waals surface area contributed by atoms with Gasteiger partial charge in [0.2, 0.25) is 0 Å². The number of aromatic nitrogens is 1. The Morgan fingerprint density at radius 1 is 1.45 bits per heavy atom. The average molecular weight is 294 g/mol. The van der Waals surface area contributed by atoms with Crippen LogP contribution in [0.3, 0.4) is 0 Å². The molecule has 0 amide bonds. The number of hydrogen-bond acceptors (Lipinski definition) is 4. The van der Waals surface area contributed by atoms with Crippen LogP contribution in [0.4, 0.5) is 4.39 Å². The highest BCUT2D eigenvalue weighted by molar-refractivity contribution is 7.11. The monoisotopic (exact) mass is 294 g/mol. The molecule has 1 N–H and O–H groups in total. The summed E-state index contributed by atoms with van der Waals surface area (Å²) in [7, 11) is 0. The topological polar surface area (TPSA) is 34.1 Å². The molecule has 0 aliphatic carbocycles. The molecule has 1 aromatic heterocycles. The second kappa shape index (κ2) is 6.81. The van der Waals surface area contributed by atoms with E-state index >= 15 is 0 Å². The maximum atomic E-state index is 14.0. The predicted octanol–water partition coefficient (Wildman–Crippen LogP) is 3.84. The number of aryl methyl sites for hydroxylation is 1. The first-order valence-electron chi connectivity index (χ1n) is 6.67. The number of halogens is 1. The van der Waals surface area contributed by atoms with Crippen molar-refractivity contribution >= 4 is 11.3 Å². The summed E-state index contributed by atoms with van der Waals surface area (Å²) in [6, 6.07) is 5.02. The molecule has 0 bridgehead atoms. The summed E-state index contributed by atoms with van der Waals surface area (Å²) in [6.45, 7) is 7.13. The lowest BCUT2D eigenvalue weighted by atomic mass is 10.1. The van der Waals surface area contributed by atoms with Crippen molar-refractivity contribution in [3.63, 3.8) is 0 Å². The Balaban J connectivity index is 2.01. The molecular weight excluding hydrogens is 275 g/mol. The van der Waals surface area contributed by atoms with Crippen molar-refractivity contribution in [3.8, 4) is 5.75 Å². The van der Waals surface area contributed by atoms with Crippen molar-refractivity contribution in [2.45, 2.75) is 33.4 Å². The number of nitrogens with zero attached hydrogens (tertiary/aromatic N) is 1. The minimum absolute atomic E-state index is 0.00167. The van der Waals surface area contributed by atoms with Crippen molar-refractivity contribution in [1.82, 2.24) is 10.3 Å². The molecular formula is C15H19FN2OS. The first kappa shape index (κ1) is 14.9. The Kier molecular flexibility index (Phi) is 5.09. The van der Waals surface area contributed by atoms with E-state index in [2.05, 4.69) is 10.3 Å². The molecule has 0 aliphatic heterocycles. The van der Waals surface area contributed by atoms with Crippen molar-refractivity contribution in [1.29, 1.82) is 0 Å². The van der Waals surface area contributed by atoms with E-state index in [-0.39, 0.29) is 11.9 Å². The molecule has 5 heteroatoms. The molecule has 0 saturated carbocycles. The summed E-state index contributed by atoms with van der Waals surface area (Å²) in [5, 5.41) is 4.20. The van der Waals surface area contributed by atoms with Gasteiger partial charge in [0.1, 0.15) is 18.2 Å². The van der Waals surface area contributed by atoms with Crippen LogP contribution in [0, 0.1) is 12.7 Å². The van der Waals surface area contributed by atoms with Gasteiger partial charge in [-0.1, -0.05) is 13.0 Å². The maximum Gasteiger partial charge on any atom is 0.131 e. The van der Waals surface area contributed by atoms with Gasteiger partial charge in [-0.05, 0) is 26.5 Å². The largest absolute Gasteiger partial charge is 0.488 e. The first-order chi connectivity index (χ1) is 9.60. The van der Waals surface area contributed by atoms with E-state index in [1.54, 1.807) is 29.7 Å². The van der Waals surface area contributed by atoms with Crippen molar-refractivity contribution in [3.05, 3.63) is 45.7 Å². The molecule has 0 spiro atoms. The van der Waals surface area contributed by atoms with Crippen LogP contribution >= 0.6 is 11.3 Å². The first-order valence-corrected chi connectivity index (χ1v) is 7.48. The van der Waals surface area contributed by atoms with Crippen molar-refractivity contribution in [2.24, 2.45) is 0 Å². The minimum atomic E-state index is -0.239. The molecule has 0 aliphatic rings. The molecule has 1 heterocycles.